The van der Waals surface area contributed by atoms with Crippen LogP contribution in [0.4, 0.5) is 0 Å². The highest BCUT2D eigenvalue weighted by molar-refractivity contribution is 5.68. The van der Waals surface area contributed by atoms with E-state index in [1.807, 2.05) is 16.8 Å². The molecule has 0 radical (unpaired) electrons. The molecule has 2 aromatic heterocycles. The van der Waals surface area contributed by atoms with E-state index in [1.54, 1.807) is 0 Å². The van der Waals surface area contributed by atoms with Crippen LogP contribution in [0.3, 0.4) is 0 Å². The predicted octanol–water partition coefficient (Wildman–Crippen LogP) is 2.99. The van der Waals surface area contributed by atoms with Gasteiger partial charge in [0.05, 0.1) is 31.7 Å². The van der Waals surface area contributed by atoms with Gasteiger partial charge in [0, 0.05) is 42.5 Å². The third kappa shape index (κ3) is 3.50. The number of aryl methyl sites for hydroxylation is 1. The van der Waals surface area contributed by atoms with Gasteiger partial charge in [-0.1, -0.05) is 0 Å². The minimum atomic E-state index is 0.741. The minimum absolute atomic E-state index is 0.741. The maximum Gasteiger partial charge on any atom is 0.155 e. The first-order valence-corrected chi connectivity index (χ1v) is 10.3. The summed E-state index contributed by atoms with van der Waals surface area (Å²) in [6, 6.07) is 10.4. The van der Waals surface area contributed by atoms with Crippen LogP contribution in [0, 0.1) is 0 Å². The lowest BCUT2D eigenvalue weighted by molar-refractivity contribution is 0.0358. The summed E-state index contributed by atoms with van der Waals surface area (Å²) in [5.74, 6) is 0.924. The Hall–Kier alpha value is -2.44. The summed E-state index contributed by atoms with van der Waals surface area (Å²) in [6.45, 7) is 5.58. The molecule has 0 bridgehead atoms. The van der Waals surface area contributed by atoms with Gasteiger partial charge in [0.15, 0.2) is 5.65 Å². The zero-order valence-electron chi connectivity index (χ0n) is 16.1. The van der Waals surface area contributed by atoms with E-state index >= 15 is 0 Å². The second-order valence-corrected chi connectivity index (χ2v) is 7.52. The molecular formula is C22H26N4O2. The average Bonchev–Trinajstić information content (AvgIpc) is 3.40. The Balaban J connectivity index is 1.27. The molecule has 3 aromatic rings. The number of rotatable bonds is 6. The third-order valence-electron chi connectivity index (χ3n) is 5.68. The SMILES string of the molecule is c1cc2nc3c(c(-c4ccc(OCCCN5CCOCC5)cc4)n2n1)CCC3. The highest BCUT2D eigenvalue weighted by Gasteiger charge is 2.21. The van der Waals surface area contributed by atoms with Crippen LogP contribution in [0.1, 0.15) is 24.1 Å². The normalized spacial score (nSPS) is 17.1. The highest BCUT2D eigenvalue weighted by Crippen LogP contribution is 2.32. The largest absolute Gasteiger partial charge is 0.494 e. The summed E-state index contributed by atoms with van der Waals surface area (Å²) >= 11 is 0. The van der Waals surface area contributed by atoms with E-state index in [2.05, 4.69) is 34.3 Å². The fourth-order valence-electron chi connectivity index (χ4n) is 4.23. The third-order valence-corrected chi connectivity index (χ3v) is 5.68. The van der Waals surface area contributed by atoms with Gasteiger partial charge in [0.2, 0.25) is 0 Å². The number of benzene rings is 1. The van der Waals surface area contributed by atoms with Crippen LogP contribution in [0.15, 0.2) is 36.5 Å². The van der Waals surface area contributed by atoms with E-state index in [4.69, 9.17) is 14.5 Å². The zero-order valence-corrected chi connectivity index (χ0v) is 16.1. The molecular weight excluding hydrogens is 352 g/mol. The average molecular weight is 378 g/mol. The van der Waals surface area contributed by atoms with E-state index in [9.17, 15) is 0 Å². The van der Waals surface area contributed by atoms with Gasteiger partial charge in [-0.3, -0.25) is 4.90 Å². The molecule has 6 nitrogen and oxygen atoms in total. The van der Waals surface area contributed by atoms with Gasteiger partial charge in [-0.2, -0.15) is 5.10 Å². The number of morpholine rings is 1. The van der Waals surface area contributed by atoms with Gasteiger partial charge in [0.1, 0.15) is 5.75 Å². The standard InChI is InChI=1S/C22H26N4O2/c1-3-19-20(4-1)24-21-9-10-23-26(21)22(19)17-5-7-18(8-6-17)28-14-2-11-25-12-15-27-16-13-25/h5-10H,1-4,11-16H2. The van der Waals surface area contributed by atoms with Gasteiger partial charge in [-0.25, -0.2) is 9.50 Å². The molecule has 0 amide bonds. The summed E-state index contributed by atoms with van der Waals surface area (Å²) in [4.78, 5) is 7.21. The van der Waals surface area contributed by atoms with Gasteiger partial charge >= 0.3 is 0 Å². The molecule has 3 heterocycles. The van der Waals surface area contributed by atoms with Crippen LogP contribution in [0.2, 0.25) is 0 Å². The van der Waals surface area contributed by atoms with Crippen LogP contribution < -0.4 is 4.74 Å². The molecule has 28 heavy (non-hydrogen) atoms. The Morgan fingerprint density at radius 1 is 1.04 bits per heavy atom. The molecule has 1 aromatic carbocycles. The van der Waals surface area contributed by atoms with Crippen LogP contribution in [0.5, 0.6) is 5.75 Å². The molecule has 1 fully saturated rings. The maximum absolute atomic E-state index is 5.96. The Morgan fingerprint density at radius 2 is 1.89 bits per heavy atom. The van der Waals surface area contributed by atoms with Gasteiger partial charge < -0.3 is 9.47 Å². The summed E-state index contributed by atoms with van der Waals surface area (Å²) in [6.07, 6.45) is 6.18. The second kappa shape index (κ2) is 7.89. The van der Waals surface area contributed by atoms with Crippen molar-refractivity contribution in [1.82, 2.24) is 19.5 Å². The summed E-state index contributed by atoms with van der Waals surface area (Å²) < 4.78 is 13.3. The smallest absolute Gasteiger partial charge is 0.155 e. The Bertz CT molecular complexity index is 945. The van der Waals surface area contributed by atoms with Crippen LogP contribution in [-0.4, -0.2) is 59.0 Å². The van der Waals surface area contributed by atoms with Crippen molar-refractivity contribution in [1.29, 1.82) is 0 Å². The summed E-state index contributed by atoms with van der Waals surface area (Å²) in [5, 5.41) is 4.51. The minimum Gasteiger partial charge on any atom is -0.494 e. The molecule has 146 valence electrons. The molecule has 1 aliphatic carbocycles. The predicted molar refractivity (Wildman–Crippen MR) is 108 cm³/mol. The molecule has 0 saturated carbocycles. The molecule has 0 spiro atoms. The maximum atomic E-state index is 5.96. The molecule has 1 saturated heterocycles. The van der Waals surface area contributed by atoms with E-state index in [0.717, 1.165) is 70.1 Å². The first kappa shape index (κ1) is 17.6. The first-order valence-electron chi connectivity index (χ1n) is 10.3. The zero-order chi connectivity index (χ0) is 18.8. The van der Waals surface area contributed by atoms with Gasteiger partial charge in [0.25, 0.3) is 0 Å². The van der Waals surface area contributed by atoms with Crippen molar-refractivity contribution in [2.45, 2.75) is 25.7 Å². The van der Waals surface area contributed by atoms with E-state index < -0.39 is 0 Å². The van der Waals surface area contributed by atoms with Crippen molar-refractivity contribution in [3.8, 4) is 17.0 Å². The number of aromatic nitrogens is 3. The Labute approximate surface area is 165 Å². The van der Waals surface area contributed by atoms with Crippen molar-refractivity contribution in [3.05, 3.63) is 47.8 Å². The van der Waals surface area contributed by atoms with Crippen LogP contribution in [0.25, 0.3) is 16.9 Å². The molecule has 0 N–H and O–H groups in total. The fourth-order valence-corrected chi connectivity index (χ4v) is 4.23. The summed E-state index contributed by atoms with van der Waals surface area (Å²) in [7, 11) is 0. The number of hydrogen-bond donors (Lipinski definition) is 0. The van der Waals surface area contributed by atoms with Gasteiger partial charge in [-0.15, -0.1) is 0 Å². The fraction of sp³-hybridized carbons (Fsp3) is 0.455. The van der Waals surface area contributed by atoms with Crippen molar-refractivity contribution in [3.63, 3.8) is 0 Å². The lowest BCUT2D eigenvalue weighted by Crippen LogP contribution is -2.37. The second-order valence-electron chi connectivity index (χ2n) is 7.52. The molecule has 2 aliphatic rings. The van der Waals surface area contributed by atoms with Crippen molar-refractivity contribution >= 4 is 5.65 Å². The molecule has 1 aliphatic heterocycles. The highest BCUT2D eigenvalue weighted by atomic mass is 16.5. The van der Waals surface area contributed by atoms with Crippen molar-refractivity contribution < 1.29 is 9.47 Å². The summed E-state index contributed by atoms with van der Waals surface area (Å²) in [5.41, 5.74) is 5.86. The number of hydrogen-bond acceptors (Lipinski definition) is 5. The Kier molecular flexibility index (Phi) is 4.97. The van der Waals surface area contributed by atoms with Crippen molar-refractivity contribution in [2.75, 3.05) is 39.5 Å². The monoisotopic (exact) mass is 378 g/mol. The van der Waals surface area contributed by atoms with Gasteiger partial charge in [-0.05, 0) is 49.9 Å². The number of ether oxygens (including phenoxy) is 2. The lowest BCUT2D eigenvalue weighted by Gasteiger charge is -2.26. The van der Waals surface area contributed by atoms with E-state index in [1.165, 1.54) is 28.9 Å². The quantitative estimate of drug-likeness (QED) is 0.617. The topological polar surface area (TPSA) is 51.9 Å². The van der Waals surface area contributed by atoms with Crippen molar-refractivity contribution in [2.24, 2.45) is 0 Å². The number of nitrogens with zero attached hydrogens (tertiary/aromatic N) is 4. The Morgan fingerprint density at radius 3 is 2.75 bits per heavy atom. The van der Waals surface area contributed by atoms with E-state index in [0.29, 0.717) is 0 Å². The van der Waals surface area contributed by atoms with Crippen LogP contribution >= 0.6 is 0 Å². The van der Waals surface area contributed by atoms with E-state index in [-0.39, 0.29) is 0 Å². The molecule has 0 unspecified atom stereocenters. The molecule has 5 rings (SSSR count). The first-order chi connectivity index (χ1) is 13.9. The number of fused-ring (bicyclic) bond motifs is 2. The molecule has 0 atom stereocenters. The van der Waals surface area contributed by atoms with Crippen LogP contribution in [-0.2, 0) is 17.6 Å². The lowest BCUT2D eigenvalue weighted by atomic mass is 10.0. The molecule has 6 heteroatoms.